The molecule has 5 heteroatoms. The van der Waals surface area contributed by atoms with Crippen molar-refractivity contribution in [1.82, 2.24) is 4.90 Å². The zero-order valence-corrected chi connectivity index (χ0v) is 12.2. The van der Waals surface area contributed by atoms with Crippen LogP contribution in [-0.4, -0.2) is 42.3 Å². The molecule has 0 unspecified atom stereocenters. The number of aliphatic carboxylic acids is 1. The Bertz CT molecular complexity index is 531. The van der Waals surface area contributed by atoms with Crippen molar-refractivity contribution in [3.63, 3.8) is 0 Å². The molecular formula is C16H21NO4. The number of piperidine rings is 1. The van der Waals surface area contributed by atoms with E-state index in [-0.39, 0.29) is 6.61 Å². The zero-order chi connectivity index (χ0) is 14.8. The number of carboxylic acids is 1. The van der Waals surface area contributed by atoms with Gasteiger partial charge in [0, 0.05) is 19.1 Å². The van der Waals surface area contributed by atoms with Crippen molar-refractivity contribution in [2.24, 2.45) is 5.92 Å². The Morgan fingerprint density at radius 1 is 1.38 bits per heavy atom. The van der Waals surface area contributed by atoms with Gasteiger partial charge in [-0.15, -0.1) is 0 Å². The molecule has 0 aromatic heterocycles. The summed E-state index contributed by atoms with van der Waals surface area (Å²) in [6, 6.07) is 6.48. The summed E-state index contributed by atoms with van der Waals surface area (Å²) in [5.41, 5.74) is 1.18. The van der Waals surface area contributed by atoms with E-state index in [1.165, 1.54) is 31.4 Å². The predicted molar refractivity (Wildman–Crippen MR) is 77.7 cm³/mol. The zero-order valence-electron chi connectivity index (χ0n) is 12.2. The van der Waals surface area contributed by atoms with Crippen LogP contribution in [0.4, 0.5) is 0 Å². The molecule has 2 atom stereocenters. The summed E-state index contributed by atoms with van der Waals surface area (Å²) in [5, 5.41) is 8.67. The summed E-state index contributed by atoms with van der Waals surface area (Å²) in [5.74, 6) is 0.967. The number of rotatable bonds is 6. The van der Waals surface area contributed by atoms with Crippen LogP contribution in [0, 0.1) is 5.92 Å². The number of nitrogens with zero attached hydrogens (tertiary/aromatic N) is 1. The monoisotopic (exact) mass is 291 g/mol. The number of benzene rings is 1. The lowest BCUT2D eigenvalue weighted by atomic mass is 10.1. The van der Waals surface area contributed by atoms with E-state index in [1.807, 2.05) is 12.1 Å². The van der Waals surface area contributed by atoms with Crippen molar-refractivity contribution < 1.29 is 19.4 Å². The summed E-state index contributed by atoms with van der Waals surface area (Å²) in [6.07, 6.45) is 4.05. The third-order valence-corrected chi connectivity index (χ3v) is 4.49. The quantitative estimate of drug-likeness (QED) is 0.870. The smallest absolute Gasteiger partial charge is 0.341 e. The van der Waals surface area contributed by atoms with Crippen molar-refractivity contribution >= 4 is 5.97 Å². The van der Waals surface area contributed by atoms with Gasteiger partial charge in [-0.3, -0.25) is 4.90 Å². The van der Waals surface area contributed by atoms with E-state index in [0.717, 1.165) is 18.5 Å². The molecule has 1 aliphatic heterocycles. The Morgan fingerprint density at radius 3 is 2.86 bits per heavy atom. The summed E-state index contributed by atoms with van der Waals surface area (Å²) >= 11 is 0. The van der Waals surface area contributed by atoms with Gasteiger partial charge in [-0.1, -0.05) is 6.07 Å². The van der Waals surface area contributed by atoms with Crippen LogP contribution in [0.15, 0.2) is 18.2 Å². The molecule has 114 valence electrons. The van der Waals surface area contributed by atoms with Gasteiger partial charge in [-0.25, -0.2) is 4.79 Å². The Labute approximate surface area is 124 Å². The van der Waals surface area contributed by atoms with Crippen molar-refractivity contribution in [2.75, 3.05) is 20.3 Å². The molecular weight excluding hydrogens is 270 g/mol. The van der Waals surface area contributed by atoms with E-state index in [1.54, 1.807) is 13.2 Å². The summed E-state index contributed by atoms with van der Waals surface area (Å²) in [6.45, 7) is 1.77. The minimum absolute atomic E-state index is 0.356. The SMILES string of the molecule is COc1cc(CN2C[C@H]3CC[C@H]2C3)ccc1OCC(=O)O. The predicted octanol–water partition coefficient (Wildman–Crippen LogP) is 2.14. The maximum atomic E-state index is 10.6. The van der Waals surface area contributed by atoms with Crippen molar-refractivity contribution in [3.05, 3.63) is 23.8 Å². The Kier molecular flexibility index (Phi) is 4.01. The number of ether oxygens (including phenoxy) is 2. The van der Waals surface area contributed by atoms with E-state index in [0.29, 0.717) is 11.5 Å². The fourth-order valence-corrected chi connectivity index (χ4v) is 3.52. The first-order valence-corrected chi connectivity index (χ1v) is 7.41. The van der Waals surface area contributed by atoms with Crippen molar-refractivity contribution in [3.8, 4) is 11.5 Å². The van der Waals surface area contributed by atoms with Crippen molar-refractivity contribution in [1.29, 1.82) is 0 Å². The Balaban J connectivity index is 1.67. The van der Waals surface area contributed by atoms with E-state index in [9.17, 15) is 4.79 Å². The van der Waals surface area contributed by atoms with Crippen LogP contribution in [0.5, 0.6) is 11.5 Å². The minimum atomic E-state index is -0.991. The average Bonchev–Trinajstić information content (AvgIpc) is 3.08. The van der Waals surface area contributed by atoms with Crippen LogP contribution in [0.2, 0.25) is 0 Å². The van der Waals surface area contributed by atoms with Gasteiger partial charge in [0.15, 0.2) is 18.1 Å². The summed E-state index contributed by atoms with van der Waals surface area (Å²) in [7, 11) is 1.57. The Morgan fingerprint density at radius 2 is 2.24 bits per heavy atom. The molecule has 3 rings (SSSR count). The van der Waals surface area contributed by atoms with Crippen LogP contribution in [0.3, 0.4) is 0 Å². The highest BCUT2D eigenvalue weighted by Crippen LogP contribution is 2.38. The molecule has 1 saturated heterocycles. The first-order chi connectivity index (χ1) is 10.2. The lowest BCUT2D eigenvalue weighted by Gasteiger charge is -2.27. The second-order valence-electron chi connectivity index (χ2n) is 5.93. The maximum Gasteiger partial charge on any atom is 0.341 e. The Hall–Kier alpha value is -1.75. The molecule has 1 N–H and O–H groups in total. The molecule has 0 spiro atoms. The second kappa shape index (κ2) is 5.93. The van der Waals surface area contributed by atoms with E-state index in [2.05, 4.69) is 4.90 Å². The lowest BCUT2D eigenvalue weighted by molar-refractivity contribution is -0.139. The second-order valence-corrected chi connectivity index (χ2v) is 5.93. The molecule has 5 nitrogen and oxygen atoms in total. The van der Waals surface area contributed by atoms with Crippen LogP contribution in [-0.2, 0) is 11.3 Å². The molecule has 1 aromatic rings. The van der Waals surface area contributed by atoms with E-state index < -0.39 is 5.97 Å². The highest BCUT2D eigenvalue weighted by molar-refractivity contribution is 5.68. The molecule has 2 bridgehead atoms. The number of methoxy groups -OCH3 is 1. The molecule has 1 saturated carbocycles. The number of fused-ring (bicyclic) bond motifs is 2. The maximum absolute atomic E-state index is 10.6. The van der Waals surface area contributed by atoms with Crippen molar-refractivity contribution in [2.45, 2.75) is 31.8 Å². The topological polar surface area (TPSA) is 59.0 Å². The minimum Gasteiger partial charge on any atom is -0.493 e. The highest BCUT2D eigenvalue weighted by atomic mass is 16.5. The van der Waals surface area contributed by atoms with Gasteiger partial charge in [-0.2, -0.15) is 0 Å². The third-order valence-electron chi connectivity index (χ3n) is 4.49. The summed E-state index contributed by atoms with van der Waals surface area (Å²) < 4.78 is 10.5. The van der Waals surface area contributed by atoms with Crippen LogP contribution in [0.1, 0.15) is 24.8 Å². The van der Waals surface area contributed by atoms with Gasteiger partial charge in [0.05, 0.1) is 7.11 Å². The first-order valence-electron chi connectivity index (χ1n) is 7.41. The van der Waals surface area contributed by atoms with Gasteiger partial charge in [-0.05, 0) is 42.9 Å². The number of hydrogen-bond acceptors (Lipinski definition) is 4. The van der Waals surface area contributed by atoms with Crippen LogP contribution >= 0.6 is 0 Å². The highest BCUT2D eigenvalue weighted by Gasteiger charge is 2.37. The van der Waals surface area contributed by atoms with Gasteiger partial charge >= 0.3 is 5.97 Å². The average molecular weight is 291 g/mol. The number of likely N-dealkylation sites (tertiary alicyclic amines) is 1. The van der Waals surface area contributed by atoms with Gasteiger partial charge in [0.25, 0.3) is 0 Å². The molecule has 1 aromatic carbocycles. The third kappa shape index (κ3) is 3.13. The van der Waals surface area contributed by atoms with E-state index in [4.69, 9.17) is 14.6 Å². The molecule has 2 fully saturated rings. The van der Waals surface area contributed by atoms with Gasteiger partial charge in [0.2, 0.25) is 0 Å². The van der Waals surface area contributed by atoms with Gasteiger partial charge in [0.1, 0.15) is 0 Å². The largest absolute Gasteiger partial charge is 0.493 e. The fourth-order valence-electron chi connectivity index (χ4n) is 3.52. The molecule has 0 amide bonds. The summed E-state index contributed by atoms with van der Waals surface area (Å²) in [4.78, 5) is 13.1. The first kappa shape index (κ1) is 14.2. The molecule has 0 radical (unpaired) electrons. The van der Waals surface area contributed by atoms with Gasteiger partial charge < -0.3 is 14.6 Å². The molecule has 21 heavy (non-hydrogen) atoms. The van der Waals surface area contributed by atoms with Crippen LogP contribution in [0.25, 0.3) is 0 Å². The number of carboxylic acid groups (broad SMARTS) is 1. The molecule has 1 heterocycles. The normalized spacial score (nSPS) is 24.2. The molecule has 2 aliphatic rings. The number of hydrogen-bond donors (Lipinski definition) is 1. The fraction of sp³-hybridized carbons (Fsp3) is 0.562. The lowest BCUT2D eigenvalue weighted by Crippen LogP contribution is -2.31. The standard InChI is InChI=1S/C16H21NO4/c1-20-15-7-12(3-5-14(15)21-10-16(18)19)9-17-8-11-2-4-13(17)6-11/h3,5,7,11,13H,2,4,6,8-10H2,1H3,(H,18,19)/t11-,13-/m0/s1. The van der Waals surface area contributed by atoms with Crippen LogP contribution < -0.4 is 9.47 Å². The number of carbonyl (C=O) groups is 1. The van der Waals surface area contributed by atoms with E-state index >= 15 is 0 Å². The molecule has 1 aliphatic carbocycles.